The van der Waals surface area contributed by atoms with Gasteiger partial charge in [0.15, 0.2) is 9.84 Å². The van der Waals surface area contributed by atoms with Gasteiger partial charge in [-0.15, -0.1) is 0 Å². The monoisotopic (exact) mass is 399 g/mol. The Morgan fingerprint density at radius 1 is 1.11 bits per heavy atom. The van der Waals surface area contributed by atoms with Gasteiger partial charge in [0.2, 0.25) is 5.91 Å². The molecule has 0 aromatic heterocycles. The lowest BCUT2D eigenvalue weighted by Crippen LogP contribution is -2.45. The van der Waals surface area contributed by atoms with Crippen molar-refractivity contribution >= 4 is 27.5 Å². The first kappa shape index (κ1) is 20.8. The van der Waals surface area contributed by atoms with Crippen LogP contribution in [0.3, 0.4) is 0 Å². The maximum absolute atomic E-state index is 12.5. The molecule has 0 spiro atoms. The minimum Gasteiger partial charge on any atom is -0.497 e. The average molecular weight is 399 g/mol. The van der Waals surface area contributed by atoms with E-state index >= 15 is 0 Å². The van der Waals surface area contributed by atoms with Crippen LogP contribution in [0.25, 0.3) is 0 Å². The summed E-state index contributed by atoms with van der Waals surface area (Å²) in [7, 11) is 0.913. The molecule has 1 aromatic carbocycles. The molecule has 27 heavy (non-hydrogen) atoms. The molecule has 1 saturated heterocycles. The number of hydrogen-bond donors (Lipinski definition) is 2. The van der Waals surface area contributed by atoms with Crippen molar-refractivity contribution in [2.45, 2.75) is 18.1 Å². The fraction of sp³-hybridized carbons (Fsp3) is 0.529. The topological polar surface area (TPSA) is 114 Å². The minimum atomic E-state index is -3.52. The number of piperidine rings is 1. The number of hydrogen-bond acceptors (Lipinski definition) is 6. The number of urea groups is 1. The van der Waals surface area contributed by atoms with Crippen molar-refractivity contribution in [1.82, 2.24) is 10.2 Å². The molecule has 1 aliphatic heterocycles. The van der Waals surface area contributed by atoms with Crippen molar-refractivity contribution in [3.8, 4) is 11.5 Å². The maximum Gasteiger partial charge on any atom is 0.321 e. The van der Waals surface area contributed by atoms with Crippen molar-refractivity contribution in [3.63, 3.8) is 0 Å². The highest BCUT2D eigenvalue weighted by Gasteiger charge is 2.32. The first-order valence-electron chi connectivity index (χ1n) is 8.50. The molecule has 0 saturated carbocycles. The first-order chi connectivity index (χ1) is 12.8. The number of nitrogens with one attached hydrogen (secondary N) is 2. The number of nitrogens with zero attached hydrogens (tertiary/aromatic N) is 1. The molecule has 0 atom stereocenters. The van der Waals surface area contributed by atoms with Gasteiger partial charge in [0.05, 0.1) is 19.5 Å². The second-order valence-electron chi connectivity index (χ2n) is 6.20. The number of anilines is 1. The van der Waals surface area contributed by atoms with Gasteiger partial charge < -0.3 is 25.0 Å². The van der Waals surface area contributed by atoms with E-state index in [2.05, 4.69) is 10.6 Å². The van der Waals surface area contributed by atoms with Crippen LogP contribution in [0.5, 0.6) is 11.5 Å². The smallest absolute Gasteiger partial charge is 0.321 e. The number of methoxy groups -OCH3 is 2. The van der Waals surface area contributed by atoms with Gasteiger partial charge in [0, 0.05) is 44.0 Å². The number of ether oxygens (including phenoxy) is 2. The summed E-state index contributed by atoms with van der Waals surface area (Å²) in [5, 5.41) is 4.47. The third-order valence-corrected chi connectivity index (χ3v) is 6.60. The third kappa shape index (κ3) is 5.49. The Hall–Kier alpha value is -2.49. The summed E-state index contributed by atoms with van der Waals surface area (Å²) in [6.07, 6.45) is 0.600. The summed E-state index contributed by atoms with van der Waals surface area (Å²) in [6.45, 7) is 0.592. The quantitative estimate of drug-likeness (QED) is 0.733. The van der Waals surface area contributed by atoms with Crippen molar-refractivity contribution in [1.29, 1.82) is 0 Å². The summed E-state index contributed by atoms with van der Waals surface area (Å²) in [5.74, 6) is 0.0405. The number of amides is 3. The Labute approximate surface area is 158 Å². The molecule has 0 unspecified atom stereocenters. The molecular weight excluding hydrogens is 374 g/mol. The molecule has 1 heterocycles. The molecule has 1 fully saturated rings. The van der Waals surface area contributed by atoms with E-state index in [0.29, 0.717) is 43.1 Å². The number of sulfone groups is 1. The van der Waals surface area contributed by atoms with Crippen LogP contribution < -0.4 is 20.1 Å². The molecule has 2 N–H and O–H groups in total. The highest BCUT2D eigenvalue weighted by Crippen LogP contribution is 2.26. The Morgan fingerprint density at radius 3 is 2.15 bits per heavy atom. The number of benzene rings is 1. The molecule has 2 rings (SSSR count). The van der Waals surface area contributed by atoms with Crippen molar-refractivity contribution in [2.24, 2.45) is 0 Å². The van der Waals surface area contributed by atoms with Crippen LogP contribution in [-0.2, 0) is 14.6 Å². The Balaban J connectivity index is 1.96. The summed E-state index contributed by atoms with van der Waals surface area (Å²) in [4.78, 5) is 25.4. The second-order valence-corrected chi connectivity index (χ2v) is 8.48. The van der Waals surface area contributed by atoms with Crippen LogP contribution in [-0.4, -0.2) is 70.6 Å². The van der Waals surface area contributed by atoms with Crippen LogP contribution in [0.1, 0.15) is 12.8 Å². The highest BCUT2D eigenvalue weighted by atomic mass is 32.2. The molecule has 150 valence electrons. The van der Waals surface area contributed by atoms with Gasteiger partial charge >= 0.3 is 6.03 Å². The van der Waals surface area contributed by atoms with E-state index in [-0.39, 0.29) is 6.03 Å². The van der Waals surface area contributed by atoms with E-state index in [1.165, 1.54) is 21.3 Å². The van der Waals surface area contributed by atoms with Gasteiger partial charge in [0.1, 0.15) is 17.3 Å². The minimum absolute atomic E-state index is 0.296. The molecule has 0 radical (unpaired) electrons. The predicted molar refractivity (Wildman–Crippen MR) is 101 cm³/mol. The zero-order chi connectivity index (χ0) is 20.0. The van der Waals surface area contributed by atoms with E-state index in [0.717, 1.165) is 0 Å². The van der Waals surface area contributed by atoms with E-state index in [1.807, 2.05) is 0 Å². The Kier molecular flexibility index (Phi) is 6.89. The standard InChI is InChI=1S/C17H25N3O6S/c1-18-16(21)11-27(23,24)15-4-6-20(7-5-15)17(22)19-12-8-13(25-2)10-14(9-12)26-3/h8-10,15H,4-7,11H2,1-3H3,(H,18,21)(H,19,22). The van der Waals surface area contributed by atoms with Gasteiger partial charge in [0.25, 0.3) is 0 Å². The SMILES string of the molecule is CNC(=O)CS(=O)(=O)C1CCN(C(=O)Nc2cc(OC)cc(OC)c2)CC1. The summed E-state index contributed by atoms with van der Waals surface area (Å²) < 4.78 is 34.9. The summed E-state index contributed by atoms with van der Waals surface area (Å²) in [5.41, 5.74) is 0.519. The van der Waals surface area contributed by atoms with Crippen molar-refractivity contribution in [3.05, 3.63) is 18.2 Å². The third-order valence-electron chi connectivity index (χ3n) is 4.45. The van der Waals surface area contributed by atoms with Crippen LogP contribution in [0.2, 0.25) is 0 Å². The zero-order valence-electron chi connectivity index (χ0n) is 15.6. The van der Waals surface area contributed by atoms with Crippen LogP contribution >= 0.6 is 0 Å². The van der Waals surface area contributed by atoms with Gasteiger partial charge in [-0.25, -0.2) is 13.2 Å². The van der Waals surface area contributed by atoms with Crippen molar-refractivity contribution < 1.29 is 27.5 Å². The van der Waals surface area contributed by atoms with Crippen LogP contribution in [0.15, 0.2) is 18.2 Å². The van der Waals surface area contributed by atoms with Gasteiger partial charge in [-0.1, -0.05) is 0 Å². The Morgan fingerprint density at radius 2 is 1.67 bits per heavy atom. The fourth-order valence-electron chi connectivity index (χ4n) is 2.87. The maximum atomic E-state index is 12.5. The first-order valence-corrected chi connectivity index (χ1v) is 10.2. The normalized spacial score (nSPS) is 15.1. The molecule has 1 aliphatic rings. The van der Waals surface area contributed by atoms with E-state index in [1.54, 1.807) is 23.1 Å². The van der Waals surface area contributed by atoms with Gasteiger partial charge in [-0.05, 0) is 12.8 Å². The summed E-state index contributed by atoms with van der Waals surface area (Å²) in [6, 6.07) is 4.70. The lowest BCUT2D eigenvalue weighted by molar-refractivity contribution is -0.118. The van der Waals surface area contributed by atoms with E-state index in [9.17, 15) is 18.0 Å². The lowest BCUT2D eigenvalue weighted by atomic mass is 10.1. The Bertz CT molecular complexity index is 766. The molecule has 0 aliphatic carbocycles. The highest BCUT2D eigenvalue weighted by molar-refractivity contribution is 7.92. The van der Waals surface area contributed by atoms with E-state index in [4.69, 9.17) is 9.47 Å². The number of likely N-dealkylation sites (tertiary alicyclic amines) is 1. The second kappa shape index (κ2) is 8.94. The molecule has 9 nitrogen and oxygen atoms in total. The number of rotatable bonds is 6. The molecule has 3 amide bonds. The largest absolute Gasteiger partial charge is 0.497 e. The molecule has 10 heteroatoms. The number of carbonyl (C=O) groups excluding carboxylic acids is 2. The van der Waals surface area contributed by atoms with Crippen LogP contribution in [0.4, 0.5) is 10.5 Å². The van der Waals surface area contributed by atoms with Gasteiger partial charge in [-0.2, -0.15) is 0 Å². The molecule has 0 bridgehead atoms. The van der Waals surface area contributed by atoms with Crippen LogP contribution in [0, 0.1) is 0 Å². The molecule has 1 aromatic rings. The zero-order valence-corrected chi connectivity index (χ0v) is 16.5. The van der Waals surface area contributed by atoms with Gasteiger partial charge in [-0.3, -0.25) is 4.79 Å². The summed E-state index contributed by atoms with van der Waals surface area (Å²) >= 11 is 0. The fourth-order valence-corrected chi connectivity index (χ4v) is 4.55. The molecular formula is C17H25N3O6S. The average Bonchev–Trinajstić information content (AvgIpc) is 2.67. The van der Waals surface area contributed by atoms with E-state index < -0.39 is 26.7 Å². The van der Waals surface area contributed by atoms with Crippen molar-refractivity contribution in [2.75, 3.05) is 45.4 Å². The predicted octanol–water partition coefficient (Wildman–Crippen LogP) is 0.861. The lowest BCUT2D eigenvalue weighted by Gasteiger charge is -2.31. The number of carbonyl (C=O) groups is 2.